The third-order valence-corrected chi connectivity index (χ3v) is 4.48. The van der Waals surface area contributed by atoms with Crippen molar-refractivity contribution in [3.05, 3.63) is 36.0 Å². The third kappa shape index (κ3) is 2.71. The van der Waals surface area contributed by atoms with E-state index in [2.05, 4.69) is 17.2 Å². The van der Waals surface area contributed by atoms with Crippen LogP contribution >= 0.6 is 0 Å². The van der Waals surface area contributed by atoms with Gasteiger partial charge < -0.3 is 10.4 Å². The Bertz CT molecular complexity index is 663. The van der Waals surface area contributed by atoms with Gasteiger partial charge in [0.15, 0.2) is 0 Å². The average Bonchev–Trinajstić information content (AvgIpc) is 3.01. The van der Waals surface area contributed by atoms with Crippen LogP contribution in [0.3, 0.4) is 0 Å². The van der Waals surface area contributed by atoms with E-state index in [0.717, 1.165) is 10.9 Å². The van der Waals surface area contributed by atoms with Crippen molar-refractivity contribution in [1.29, 1.82) is 0 Å². The van der Waals surface area contributed by atoms with Crippen LogP contribution in [0.1, 0.15) is 43.0 Å². The van der Waals surface area contributed by atoms with Crippen molar-refractivity contribution in [3.8, 4) is 0 Å². The molecule has 4 heteroatoms. The molecule has 0 amide bonds. The van der Waals surface area contributed by atoms with Crippen molar-refractivity contribution in [2.24, 2.45) is 5.92 Å². The van der Waals surface area contributed by atoms with E-state index in [1.165, 1.54) is 31.9 Å². The van der Waals surface area contributed by atoms with Gasteiger partial charge in [-0.15, -0.1) is 0 Å². The summed E-state index contributed by atoms with van der Waals surface area (Å²) in [5.41, 5.74) is 1.77. The van der Waals surface area contributed by atoms with Crippen LogP contribution in [0.25, 0.3) is 10.9 Å². The second-order valence-corrected chi connectivity index (χ2v) is 5.85. The summed E-state index contributed by atoms with van der Waals surface area (Å²) in [4.78, 5) is 15.7. The summed E-state index contributed by atoms with van der Waals surface area (Å²) in [6.07, 6.45) is 6.45. The number of carboxylic acids is 1. The summed E-state index contributed by atoms with van der Waals surface area (Å²) >= 11 is 0. The highest BCUT2D eigenvalue weighted by atomic mass is 16.4. The topological polar surface area (TPSA) is 62.2 Å². The molecular weight excluding hydrogens is 264 g/mol. The summed E-state index contributed by atoms with van der Waals surface area (Å²) in [6, 6.07) is 7.95. The standard InChI is InChI=1S/C17H20N2O2/c1-11(12-6-2-3-7-12)19-16-13-8-4-5-9-15(13)18-10-14(16)17(20)21/h4-5,8-12H,2-3,6-7H2,1H3,(H,18,19)(H,20,21). The molecule has 0 spiro atoms. The highest BCUT2D eigenvalue weighted by Gasteiger charge is 2.23. The average molecular weight is 284 g/mol. The van der Waals surface area contributed by atoms with E-state index in [9.17, 15) is 9.90 Å². The Morgan fingerprint density at radius 3 is 2.76 bits per heavy atom. The maximum Gasteiger partial charge on any atom is 0.339 e. The lowest BCUT2D eigenvalue weighted by Crippen LogP contribution is -2.25. The molecule has 110 valence electrons. The number of fused-ring (bicyclic) bond motifs is 1. The van der Waals surface area contributed by atoms with E-state index < -0.39 is 5.97 Å². The van der Waals surface area contributed by atoms with Crippen LogP contribution in [0, 0.1) is 5.92 Å². The number of hydrogen-bond acceptors (Lipinski definition) is 3. The minimum Gasteiger partial charge on any atom is -0.478 e. The SMILES string of the molecule is CC(Nc1c(C(=O)O)cnc2ccccc12)C1CCCC1. The quantitative estimate of drug-likeness (QED) is 0.893. The highest BCUT2D eigenvalue weighted by Crippen LogP contribution is 2.32. The van der Waals surface area contributed by atoms with Crippen LogP contribution in [-0.4, -0.2) is 22.1 Å². The maximum atomic E-state index is 11.5. The number of para-hydroxylation sites is 1. The first-order valence-electron chi connectivity index (χ1n) is 7.54. The predicted octanol–water partition coefficient (Wildman–Crippen LogP) is 3.92. The van der Waals surface area contributed by atoms with Crippen LogP contribution in [-0.2, 0) is 0 Å². The van der Waals surface area contributed by atoms with Crippen LogP contribution in [0.5, 0.6) is 0 Å². The summed E-state index contributed by atoms with van der Waals surface area (Å²) in [7, 11) is 0. The van der Waals surface area contributed by atoms with Gasteiger partial charge in [0.05, 0.1) is 11.2 Å². The predicted molar refractivity (Wildman–Crippen MR) is 83.7 cm³/mol. The number of anilines is 1. The highest BCUT2D eigenvalue weighted by molar-refractivity contribution is 6.04. The lowest BCUT2D eigenvalue weighted by molar-refractivity contribution is 0.0697. The Morgan fingerprint density at radius 1 is 1.33 bits per heavy atom. The molecule has 0 radical (unpaired) electrons. The van der Waals surface area contributed by atoms with Crippen molar-refractivity contribution in [2.45, 2.75) is 38.6 Å². The molecular formula is C17H20N2O2. The van der Waals surface area contributed by atoms with E-state index in [4.69, 9.17) is 0 Å². The number of aromatic carboxylic acids is 1. The fraction of sp³-hybridized carbons (Fsp3) is 0.412. The minimum atomic E-state index is -0.936. The van der Waals surface area contributed by atoms with Gasteiger partial charge in [-0.2, -0.15) is 0 Å². The van der Waals surface area contributed by atoms with Crippen molar-refractivity contribution in [2.75, 3.05) is 5.32 Å². The molecule has 0 saturated heterocycles. The molecule has 1 unspecified atom stereocenters. The van der Waals surface area contributed by atoms with Gasteiger partial charge in [-0.3, -0.25) is 4.98 Å². The van der Waals surface area contributed by atoms with Gasteiger partial charge in [0, 0.05) is 17.6 Å². The van der Waals surface area contributed by atoms with Gasteiger partial charge in [-0.05, 0) is 31.7 Å². The Hall–Kier alpha value is -2.10. The molecule has 1 aromatic heterocycles. The van der Waals surface area contributed by atoms with E-state index in [-0.39, 0.29) is 11.6 Å². The molecule has 1 aliphatic carbocycles. The number of aromatic nitrogens is 1. The van der Waals surface area contributed by atoms with Crippen LogP contribution in [0.2, 0.25) is 0 Å². The number of nitrogens with zero attached hydrogens (tertiary/aromatic N) is 1. The van der Waals surface area contributed by atoms with Crippen LogP contribution in [0.4, 0.5) is 5.69 Å². The number of nitrogens with one attached hydrogen (secondary N) is 1. The summed E-state index contributed by atoms with van der Waals surface area (Å²) in [6.45, 7) is 2.15. The van der Waals surface area contributed by atoms with E-state index >= 15 is 0 Å². The molecule has 4 nitrogen and oxygen atoms in total. The lowest BCUT2D eigenvalue weighted by Gasteiger charge is -2.23. The Labute approximate surface area is 124 Å². The molecule has 1 fully saturated rings. The molecule has 2 aromatic rings. The first-order valence-corrected chi connectivity index (χ1v) is 7.54. The minimum absolute atomic E-state index is 0.249. The maximum absolute atomic E-state index is 11.5. The number of carboxylic acid groups (broad SMARTS) is 1. The monoisotopic (exact) mass is 284 g/mol. The normalized spacial score (nSPS) is 17.0. The third-order valence-electron chi connectivity index (χ3n) is 4.48. The van der Waals surface area contributed by atoms with Gasteiger partial charge in [-0.1, -0.05) is 31.0 Å². The van der Waals surface area contributed by atoms with E-state index in [0.29, 0.717) is 11.6 Å². The zero-order valence-electron chi connectivity index (χ0n) is 12.2. The first-order chi connectivity index (χ1) is 10.2. The second-order valence-electron chi connectivity index (χ2n) is 5.85. The molecule has 1 saturated carbocycles. The Morgan fingerprint density at radius 2 is 2.05 bits per heavy atom. The molecule has 1 atom stereocenters. The molecule has 0 bridgehead atoms. The zero-order valence-corrected chi connectivity index (χ0v) is 12.2. The lowest BCUT2D eigenvalue weighted by atomic mass is 9.98. The van der Waals surface area contributed by atoms with Crippen molar-refractivity contribution >= 4 is 22.6 Å². The fourth-order valence-electron chi connectivity index (χ4n) is 3.26. The molecule has 21 heavy (non-hydrogen) atoms. The van der Waals surface area contributed by atoms with Crippen molar-refractivity contribution in [1.82, 2.24) is 4.98 Å². The smallest absolute Gasteiger partial charge is 0.339 e. The fourth-order valence-corrected chi connectivity index (χ4v) is 3.26. The first kappa shape index (κ1) is 13.9. The van der Waals surface area contributed by atoms with Crippen molar-refractivity contribution in [3.63, 3.8) is 0 Å². The number of benzene rings is 1. The molecule has 1 heterocycles. The summed E-state index contributed by atoms with van der Waals surface area (Å²) in [5, 5.41) is 13.8. The van der Waals surface area contributed by atoms with Crippen LogP contribution < -0.4 is 5.32 Å². The van der Waals surface area contributed by atoms with Gasteiger partial charge in [0.2, 0.25) is 0 Å². The molecule has 3 rings (SSSR count). The molecule has 1 aliphatic rings. The molecule has 0 aliphatic heterocycles. The van der Waals surface area contributed by atoms with E-state index in [1.54, 1.807) is 0 Å². The van der Waals surface area contributed by atoms with Gasteiger partial charge in [0.25, 0.3) is 0 Å². The largest absolute Gasteiger partial charge is 0.478 e. The van der Waals surface area contributed by atoms with Gasteiger partial charge >= 0.3 is 5.97 Å². The Kier molecular flexibility index (Phi) is 3.78. The van der Waals surface area contributed by atoms with Crippen molar-refractivity contribution < 1.29 is 9.90 Å². The van der Waals surface area contributed by atoms with Gasteiger partial charge in [-0.25, -0.2) is 4.79 Å². The number of carbonyl (C=O) groups is 1. The number of hydrogen-bond donors (Lipinski definition) is 2. The zero-order chi connectivity index (χ0) is 14.8. The van der Waals surface area contributed by atoms with Crippen LogP contribution in [0.15, 0.2) is 30.5 Å². The molecule has 1 aromatic carbocycles. The van der Waals surface area contributed by atoms with Gasteiger partial charge in [0.1, 0.15) is 5.56 Å². The summed E-state index contributed by atoms with van der Waals surface area (Å²) in [5.74, 6) is -0.312. The summed E-state index contributed by atoms with van der Waals surface area (Å²) < 4.78 is 0. The Balaban J connectivity index is 2.01. The number of rotatable bonds is 4. The second kappa shape index (κ2) is 5.72. The molecule has 2 N–H and O–H groups in total. The van der Waals surface area contributed by atoms with E-state index in [1.807, 2.05) is 24.3 Å². The number of pyridine rings is 1.